The Labute approximate surface area is 144 Å². The second kappa shape index (κ2) is 6.83. The van der Waals surface area contributed by atoms with Gasteiger partial charge >= 0.3 is 0 Å². The van der Waals surface area contributed by atoms with Crippen LogP contribution in [-0.4, -0.2) is 43.8 Å². The minimum Gasteiger partial charge on any atom is -0.368 e. The normalized spacial score (nSPS) is 10.8. The summed E-state index contributed by atoms with van der Waals surface area (Å²) in [5.74, 6) is 1.89. The minimum absolute atomic E-state index is 0.213. The van der Waals surface area contributed by atoms with Gasteiger partial charge < -0.3 is 10.6 Å². The van der Waals surface area contributed by atoms with Gasteiger partial charge in [0.2, 0.25) is 11.9 Å². The maximum absolute atomic E-state index is 5.76. The second-order valence-electron chi connectivity index (χ2n) is 5.36. The zero-order valence-electron chi connectivity index (χ0n) is 13.7. The number of nitrogens with zero attached hydrogens (tertiary/aromatic N) is 7. The third kappa shape index (κ3) is 3.46. The van der Waals surface area contributed by atoms with Gasteiger partial charge in [-0.1, -0.05) is 30.0 Å². The van der Waals surface area contributed by atoms with Gasteiger partial charge in [0.25, 0.3) is 0 Å². The Balaban J connectivity index is 1.82. The number of hydrogen-bond acceptors (Lipinski definition) is 8. The molecule has 24 heavy (non-hydrogen) atoms. The van der Waals surface area contributed by atoms with Gasteiger partial charge in [-0.15, -0.1) is 10.2 Å². The molecule has 0 unspecified atom stereocenters. The van der Waals surface area contributed by atoms with E-state index in [0.29, 0.717) is 17.5 Å². The Morgan fingerprint density at radius 2 is 1.96 bits per heavy atom. The van der Waals surface area contributed by atoms with Gasteiger partial charge in [-0.25, -0.2) is 0 Å². The highest BCUT2D eigenvalue weighted by molar-refractivity contribution is 7.98. The van der Waals surface area contributed by atoms with E-state index in [1.807, 2.05) is 36.9 Å². The fourth-order valence-corrected chi connectivity index (χ4v) is 2.92. The first-order valence-corrected chi connectivity index (χ1v) is 8.29. The third-order valence-corrected chi connectivity index (χ3v) is 4.25. The average Bonchev–Trinajstić information content (AvgIpc) is 3.01. The maximum atomic E-state index is 5.76. The molecule has 9 heteroatoms. The first-order chi connectivity index (χ1) is 11.5. The highest BCUT2D eigenvalue weighted by Gasteiger charge is 2.12. The summed E-state index contributed by atoms with van der Waals surface area (Å²) in [5, 5.41) is 8.99. The first-order valence-electron chi connectivity index (χ1n) is 7.31. The quantitative estimate of drug-likeness (QED) is 0.700. The molecule has 2 N–H and O–H groups in total. The molecule has 0 aliphatic heterocycles. The number of hydrogen-bond donors (Lipinski definition) is 1. The third-order valence-electron chi connectivity index (χ3n) is 3.31. The summed E-state index contributed by atoms with van der Waals surface area (Å²) >= 11 is 1.50. The van der Waals surface area contributed by atoms with E-state index in [2.05, 4.69) is 38.1 Å². The van der Waals surface area contributed by atoms with E-state index in [4.69, 9.17) is 5.73 Å². The van der Waals surface area contributed by atoms with Crippen LogP contribution in [-0.2, 0) is 5.75 Å². The molecule has 1 aromatic carbocycles. The molecule has 8 nitrogen and oxygen atoms in total. The lowest BCUT2D eigenvalue weighted by Gasteiger charge is -2.11. The van der Waals surface area contributed by atoms with Crippen LogP contribution in [0.5, 0.6) is 0 Å². The Morgan fingerprint density at radius 1 is 1.17 bits per heavy atom. The summed E-state index contributed by atoms with van der Waals surface area (Å²) in [6, 6.07) is 8.09. The molecular weight excluding hydrogens is 324 g/mol. The van der Waals surface area contributed by atoms with Crippen molar-refractivity contribution < 1.29 is 0 Å². The van der Waals surface area contributed by atoms with Crippen LogP contribution in [0.15, 0.2) is 35.7 Å². The molecule has 3 aromatic rings. The van der Waals surface area contributed by atoms with Crippen LogP contribution >= 0.6 is 11.8 Å². The smallest absolute Gasteiger partial charge is 0.229 e. The van der Waals surface area contributed by atoms with E-state index in [0.717, 1.165) is 16.4 Å². The Bertz CT molecular complexity index is 845. The fourth-order valence-electron chi connectivity index (χ4n) is 2.14. The molecule has 0 radical (unpaired) electrons. The lowest BCUT2D eigenvalue weighted by molar-refractivity contribution is 0.872. The summed E-state index contributed by atoms with van der Waals surface area (Å²) in [7, 11) is 3.72. The van der Waals surface area contributed by atoms with Gasteiger partial charge in [0, 0.05) is 14.1 Å². The molecule has 0 bridgehead atoms. The molecule has 0 fully saturated rings. The van der Waals surface area contributed by atoms with E-state index in [1.54, 1.807) is 11.2 Å². The van der Waals surface area contributed by atoms with Crippen molar-refractivity contribution in [3.8, 4) is 5.69 Å². The van der Waals surface area contributed by atoms with Crippen LogP contribution in [0.25, 0.3) is 5.69 Å². The van der Waals surface area contributed by atoms with Crippen molar-refractivity contribution in [1.29, 1.82) is 0 Å². The van der Waals surface area contributed by atoms with Gasteiger partial charge in [-0.2, -0.15) is 15.0 Å². The predicted molar refractivity (Wildman–Crippen MR) is 94.2 cm³/mol. The maximum Gasteiger partial charge on any atom is 0.229 e. The minimum atomic E-state index is 0.213. The molecule has 2 aromatic heterocycles. The monoisotopic (exact) mass is 342 g/mol. The number of benzene rings is 1. The molecule has 124 valence electrons. The van der Waals surface area contributed by atoms with Crippen molar-refractivity contribution in [1.82, 2.24) is 29.7 Å². The molecule has 0 saturated heterocycles. The van der Waals surface area contributed by atoms with Gasteiger partial charge in [-0.05, 0) is 18.6 Å². The molecule has 0 aliphatic carbocycles. The summed E-state index contributed by atoms with van der Waals surface area (Å²) in [6.45, 7) is 2.06. The lowest BCUT2D eigenvalue weighted by Crippen LogP contribution is -2.16. The molecule has 0 saturated carbocycles. The number of rotatable bonds is 5. The van der Waals surface area contributed by atoms with Gasteiger partial charge in [0.15, 0.2) is 5.16 Å². The Morgan fingerprint density at radius 3 is 2.71 bits per heavy atom. The topological polar surface area (TPSA) is 98.6 Å². The van der Waals surface area contributed by atoms with Crippen LogP contribution in [0.2, 0.25) is 0 Å². The van der Waals surface area contributed by atoms with Crippen LogP contribution < -0.4 is 10.6 Å². The number of aromatic nitrogens is 6. The number of anilines is 2. The van der Waals surface area contributed by atoms with Crippen molar-refractivity contribution in [2.45, 2.75) is 17.8 Å². The molecule has 0 aliphatic rings. The number of para-hydroxylation sites is 1. The van der Waals surface area contributed by atoms with E-state index in [-0.39, 0.29) is 5.95 Å². The predicted octanol–water partition coefficient (Wildman–Crippen LogP) is 1.70. The first kappa shape index (κ1) is 16.2. The van der Waals surface area contributed by atoms with Gasteiger partial charge in [0.05, 0.1) is 11.4 Å². The van der Waals surface area contributed by atoms with Crippen LogP contribution in [0.3, 0.4) is 0 Å². The van der Waals surface area contributed by atoms with Crippen molar-refractivity contribution in [3.63, 3.8) is 0 Å². The average molecular weight is 342 g/mol. The number of nitrogen functional groups attached to an aromatic ring is 1. The summed E-state index contributed by atoms with van der Waals surface area (Å²) in [4.78, 5) is 14.5. The molecular formula is C15H18N8S. The highest BCUT2D eigenvalue weighted by Crippen LogP contribution is 2.24. The zero-order chi connectivity index (χ0) is 17.1. The fraction of sp³-hybridized carbons (Fsp3) is 0.267. The molecule has 0 amide bonds. The van der Waals surface area contributed by atoms with Crippen molar-refractivity contribution in [2.24, 2.45) is 0 Å². The number of nitrogens with two attached hydrogens (primary N) is 1. The second-order valence-corrected chi connectivity index (χ2v) is 6.31. The van der Waals surface area contributed by atoms with Crippen molar-refractivity contribution in [3.05, 3.63) is 42.0 Å². The van der Waals surface area contributed by atoms with Crippen molar-refractivity contribution in [2.75, 3.05) is 24.7 Å². The Hall–Kier alpha value is -2.68. The summed E-state index contributed by atoms with van der Waals surface area (Å²) in [6.07, 6.45) is 1.71. The van der Waals surface area contributed by atoms with Gasteiger partial charge in [0.1, 0.15) is 12.2 Å². The number of aryl methyl sites for hydroxylation is 1. The van der Waals surface area contributed by atoms with Crippen LogP contribution in [0.1, 0.15) is 11.4 Å². The lowest BCUT2D eigenvalue weighted by atomic mass is 10.2. The number of thioether (sulfide) groups is 1. The highest BCUT2D eigenvalue weighted by atomic mass is 32.2. The molecule has 0 atom stereocenters. The Kier molecular flexibility index (Phi) is 4.61. The van der Waals surface area contributed by atoms with E-state index in [9.17, 15) is 0 Å². The van der Waals surface area contributed by atoms with E-state index in [1.165, 1.54) is 11.8 Å². The van der Waals surface area contributed by atoms with E-state index >= 15 is 0 Å². The van der Waals surface area contributed by atoms with Crippen LogP contribution in [0, 0.1) is 6.92 Å². The van der Waals surface area contributed by atoms with Crippen molar-refractivity contribution >= 4 is 23.7 Å². The van der Waals surface area contributed by atoms with Crippen LogP contribution in [0.4, 0.5) is 11.9 Å². The standard InChI is InChI=1S/C15H18N8S/c1-10-6-4-5-7-11(10)23-9-17-21-15(23)24-8-12-18-13(16)20-14(19-12)22(2)3/h4-7,9H,8H2,1-3H3,(H2,16,18,19,20). The van der Waals surface area contributed by atoms with E-state index < -0.39 is 0 Å². The molecule has 2 heterocycles. The SMILES string of the molecule is Cc1ccccc1-n1cnnc1SCc1nc(N)nc(N(C)C)n1. The zero-order valence-corrected chi connectivity index (χ0v) is 14.5. The largest absolute Gasteiger partial charge is 0.368 e. The molecule has 0 spiro atoms. The van der Waals surface area contributed by atoms with Gasteiger partial charge in [-0.3, -0.25) is 4.57 Å². The summed E-state index contributed by atoms with van der Waals surface area (Å²) in [5.41, 5.74) is 7.96. The summed E-state index contributed by atoms with van der Waals surface area (Å²) < 4.78 is 1.96. The molecule has 3 rings (SSSR count).